The molecule has 46 heavy (non-hydrogen) atoms. The predicted octanol–water partition coefficient (Wildman–Crippen LogP) is 1.45. The first-order valence-electron chi connectivity index (χ1n) is 15.9. The van der Waals surface area contributed by atoms with E-state index in [1.165, 1.54) is 23.1 Å². The average molecular weight is 639 g/mol. The summed E-state index contributed by atoms with van der Waals surface area (Å²) in [5, 5.41) is 10.8. The lowest BCUT2D eigenvalue weighted by molar-refractivity contribution is -0.151. The minimum atomic E-state index is -1.35. The van der Waals surface area contributed by atoms with Crippen LogP contribution in [0.15, 0.2) is 49.1 Å². The standard InChI is InChI=1S/C33H47FN8O4/c1-5-13-41(35)22-32(45)42(23-43)30(16-25-11-12-28(44)17-29(25)34)33(46)38(7-3)19-26-9-8-10-31(36-26)40-20-27(21-40)39-15-14-37(6-2)24(4)18-39/h5,8-12,17,23-24,27,30,44H,1,6-7,13-16,18-22,35H2,2-4H3/t24-,30+/m1/s1. The van der Waals surface area contributed by atoms with Crippen molar-refractivity contribution in [3.8, 4) is 5.75 Å². The Kier molecular flexibility index (Phi) is 12.2. The zero-order chi connectivity index (χ0) is 33.4. The van der Waals surface area contributed by atoms with Crippen LogP contribution >= 0.6 is 0 Å². The average Bonchev–Trinajstić information content (AvgIpc) is 3.00. The molecule has 4 rings (SSSR count). The van der Waals surface area contributed by atoms with Crippen LogP contribution in [0.1, 0.15) is 32.0 Å². The van der Waals surface area contributed by atoms with Crippen LogP contribution in [0, 0.1) is 5.82 Å². The van der Waals surface area contributed by atoms with Crippen molar-refractivity contribution in [2.24, 2.45) is 5.84 Å². The number of anilines is 1. The number of hydrogen-bond acceptors (Lipinski definition) is 10. The quantitative estimate of drug-likeness (QED) is 0.128. The van der Waals surface area contributed by atoms with Crippen molar-refractivity contribution in [2.45, 2.75) is 51.9 Å². The summed E-state index contributed by atoms with van der Waals surface area (Å²) in [5.74, 6) is 4.39. The molecule has 1 aromatic heterocycles. The van der Waals surface area contributed by atoms with Gasteiger partial charge in [0.15, 0.2) is 0 Å². The van der Waals surface area contributed by atoms with E-state index in [1.54, 1.807) is 6.92 Å². The van der Waals surface area contributed by atoms with E-state index in [0.717, 1.165) is 61.1 Å². The van der Waals surface area contributed by atoms with Crippen molar-refractivity contribution in [3.63, 3.8) is 0 Å². The number of amides is 3. The summed E-state index contributed by atoms with van der Waals surface area (Å²) in [6, 6.07) is 8.91. The third-order valence-electron chi connectivity index (χ3n) is 8.92. The van der Waals surface area contributed by atoms with Gasteiger partial charge >= 0.3 is 0 Å². The fourth-order valence-corrected chi connectivity index (χ4v) is 6.19. The Morgan fingerprint density at radius 3 is 2.59 bits per heavy atom. The number of aromatic nitrogens is 1. The number of phenolic OH excluding ortho intramolecular Hbond substituents is 1. The lowest BCUT2D eigenvalue weighted by Crippen LogP contribution is -2.64. The Labute approximate surface area is 270 Å². The summed E-state index contributed by atoms with van der Waals surface area (Å²) in [5.41, 5.74) is 0.722. The van der Waals surface area contributed by atoms with Crippen LogP contribution in [0.3, 0.4) is 0 Å². The van der Waals surface area contributed by atoms with E-state index in [1.807, 2.05) is 18.2 Å². The van der Waals surface area contributed by atoms with Crippen LogP contribution < -0.4 is 10.7 Å². The molecule has 0 saturated carbocycles. The van der Waals surface area contributed by atoms with Gasteiger partial charge in [0.1, 0.15) is 23.4 Å². The summed E-state index contributed by atoms with van der Waals surface area (Å²) < 4.78 is 14.8. The number of imide groups is 1. The van der Waals surface area contributed by atoms with Gasteiger partial charge in [-0.05, 0) is 44.2 Å². The molecule has 2 aliphatic heterocycles. The van der Waals surface area contributed by atoms with Gasteiger partial charge in [-0.2, -0.15) is 0 Å². The third-order valence-corrected chi connectivity index (χ3v) is 8.92. The van der Waals surface area contributed by atoms with Gasteiger partial charge in [0.25, 0.3) is 0 Å². The highest BCUT2D eigenvalue weighted by atomic mass is 19.1. The SMILES string of the molecule is C=CCN(N)CC(=O)N(C=O)[C@@H](Cc1ccc(O)cc1F)C(=O)N(CC)Cc1cccc(N2CC(N3CCN(CC)[C@H](C)C3)C2)n1. The summed E-state index contributed by atoms with van der Waals surface area (Å²) in [6.07, 6.45) is 1.49. The number of benzene rings is 1. The molecule has 250 valence electrons. The number of nitrogens with zero attached hydrogens (tertiary/aromatic N) is 7. The highest BCUT2D eigenvalue weighted by molar-refractivity contribution is 5.95. The second-order valence-electron chi connectivity index (χ2n) is 12.0. The smallest absolute Gasteiger partial charge is 0.246 e. The van der Waals surface area contributed by atoms with Crippen molar-refractivity contribution in [3.05, 3.63) is 66.1 Å². The Balaban J connectivity index is 1.48. The van der Waals surface area contributed by atoms with Crippen LogP contribution in [0.5, 0.6) is 5.75 Å². The minimum Gasteiger partial charge on any atom is -0.508 e. The lowest BCUT2D eigenvalue weighted by atomic mass is 10.0. The zero-order valence-electron chi connectivity index (χ0n) is 27.1. The van der Waals surface area contributed by atoms with E-state index in [9.17, 15) is 23.9 Å². The molecule has 0 radical (unpaired) electrons. The van der Waals surface area contributed by atoms with Crippen LogP contribution in [-0.2, 0) is 27.3 Å². The fraction of sp³-hybridized carbons (Fsp3) is 0.515. The number of carbonyl (C=O) groups is 3. The minimum absolute atomic E-state index is 0.0699. The van der Waals surface area contributed by atoms with Gasteiger partial charge in [-0.15, -0.1) is 6.58 Å². The fourth-order valence-electron chi connectivity index (χ4n) is 6.19. The maximum atomic E-state index is 14.8. The summed E-state index contributed by atoms with van der Waals surface area (Å²) >= 11 is 0. The largest absolute Gasteiger partial charge is 0.508 e. The number of carbonyl (C=O) groups excluding carboxylic acids is 3. The number of aromatic hydroxyl groups is 1. The number of likely N-dealkylation sites (N-methyl/N-ethyl adjacent to an activating group) is 2. The van der Waals surface area contributed by atoms with Gasteiger partial charge in [-0.1, -0.05) is 25.1 Å². The van der Waals surface area contributed by atoms with E-state index in [4.69, 9.17) is 10.8 Å². The first-order chi connectivity index (χ1) is 22.1. The summed E-state index contributed by atoms with van der Waals surface area (Å²) in [7, 11) is 0. The predicted molar refractivity (Wildman–Crippen MR) is 174 cm³/mol. The van der Waals surface area contributed by atoms with Gasteiger partial charge in [-0.3, -0.25) is 34.9 Å². The monoisotopic (exact) mass is 638 g/mol. The van der Waals surface area contributed by atoms with Crippen LogP contribution in [0.25, 0.3) is 0 Å². The molecule has 0 unspecified atom stereocenters. The molecule has 2 aromatic rings. The first kappa shape index (κ1) is 35.0. The summed E-state index contributed by atoms with van der Waals surface area (Å²) in [4.78, 5) is 53.9. The Morgan fingerprint density at radius 1 is 1.20 bits per heavy atom. The molecule has 2 aliphatic rings. The van der Waals surface area contributed by atoms with E-state index in [-0.39, 0.29) is 50.3 Å². The molecule has 0 aliphatic carbocycles. The molecule has 3 N–H and O–H groups in total. The number of hydrogen-bond donors (Lipinski definition) is 2. The van der Waals surface area contributed by atoms with Crippen LogP contribution in [-0.4, -0.2) is 130 Å². The van der Waals surface area contributed by atoms with E-state index in [2.05, 4.69) is 35.1 Å². The number of rotatable bonds is 15. The molecule has 2 saturated heterocycles. The van der Waals surface area contributed by atoms with Gasteiger partial charge < -0.3 is 14.9 Å². The molecule has 3 heterocycles. The van der Waals surface area contributed by atoms with Crippen molar-refractivity contribution in [1.82, 2.24) is 29.6 Å². The Bertz CT molecular complexity index is 1370. The van der Waals surface area contributed by atoms with E-state index >= 15 is 0 Å². The normalized spacial score (nSPS) is 18.2. The molecule has 0 bridgehead atoms. The highest BCUT2D eigenvalue weighted by Gasteiger charge is 2.37. The van der Waals surface area contributed by atoms with Crippen molar-refractivity contribution >= 4 is 24.0 Å². The van der Waals surface area contributed by atoms with Gasteiger partial charge in [0.05, 0.1) is 18.8 Å². The molecule has 13 heteroatoms. The molecule has 2 fully saturated rings. The zero-order valence-corrected chi connectivity index (χ0v) is 27.1. The van der Waals surface area contributed by atoms with E-state index in [0.29, 0.717) is 17.8 Å². The molecule has 12 nitrogen and oxygen atoms in total. The highest BCUT2D eigenvalue weighted by Crippen LogP contribution is 2.25. The van der Waals surface area contributed by atoms with E-state index < -0.39 is 23.7 Å². The van der Waals surface area contributed by atoms with Crippen LogP contribution in [0.4, 0.5) is 10.2 Å². The number of halogens is 1. The van der Waals surface area contributed by atoms with Gasteiger partial charge in [0, 0.05) is 70.4 Å². The molecule has 1 aromatic carbocycles. The molecular weight excluding hydrogens is 591 g/mol. The maximum Gasteiger partial charge on any atom is 0.246 e. The van der Waals surface area contributed by atoms with Crippen LogP contribution in [0.2, 0.25) is 0 Å². The van der Waals surface area contributed by atoms with Crippen molar-refractivity contribution in [1.29, 1.82) is 0 Å². The number of nitrogens with two attached hydrogens (primary N) is 1. The van der Waals surface area contributed by atoms with Gasteiger partial charge in [-0.25, -0.2) is 14.4 Å². The van der Waals surface area contributed by atoms with Crippen molar-refractivity contribution < 1.29 is 23.9 Å². The third kappa shape index (κ3) is 8.46. The number of pyridine rings is 1. The summed E-state index contributed by atoms with van der Waals surface area (Å²) in [6.45, 7) is 16.1. The number of hydrazine groups is 1. The number of phenols is 1. The topological polar surface area (TPSA) is 130 Å². The number of piperazine rings is 1. The Morgan fingerprint density at radius 2 is 1.96 bits per heavy atom. The molecule has 3 amide bonds. The molecule has 2 atom stereocenters. The van der Waals surface area contributed by atoms with Gasteiger partial charge in [0.2, 0.25) is 18.2 Å². The lowest BCUT2D eigenvalue weighted by Gasteiger charge is -2.50. The second-order valence-corrected chi connectivity index (χ2v) is 12.0. The first-order valence-corrected chi connectivity index (χ1v) is 15.9. The maximum absolute atomic E-state index is 14.8. The molecule has 0 spiro atoms. The van der Waals surface area contributed by atoms with Crippen molar-refractivity contribution in [2.75, 3.05) is 63.8 Å². The Hall–Kier alpha value is -3.91. The molecular formula is C33H47FN8O4. The second kappa shape index (κ2) is 16.1.